The molecule has 0 spiro atoms. The molecule has 0 fully saturated rings. The quantitative estimate of drug-likeness (QED) is 0.657. The number of hydrogen-bond donors (Lipinski definition) is 4. The summed E-state index contributed by atoms with van der Waals surface area (Å²) >= 11 is 0. The molecule has 0 aliphatic heterocycles. The summed E-state index contributed by atoms with van der Waals surface area (Å²) in [6, 6.07) is 1.11. The average molecular weight is 340 g/mol. The van der Waals surface area contributed by atoms with Gasteiger partial charge >= 0.3 is 11.9 Å². The third-order valence-corrected chi connectivity index (χ3v) is 3.15. The number of carboxylic acid groups (broad SMARTS) is 2. The Hall–Kier alpha value is -3.43. The van der Waals surface area contributed by atoms with Crippen LogP contribution in [0.1, 0.15) is 20.7 Å². The van der Waals surface area contributed by atoms with Gasteiger partial charge in [-0.15, -0.1) is 0 Å². The molecule has 1 aromatic carbocycles. The molecule has 5 N–H and O–H groups in total. The lowest BCUT2D eigenvalue weighted by Gasteiger charge is -2.15. The lowest BCUT2D eigenvalue weighted by Crippen LogP contribution is -2.24. The Labute approximate surface area is 132 Å². The zero-order chi connectivity index (χ0) is 18.2. The number of anilines is 1. The maximum atomic E-state index is 13.9. The number of nitrogen functional groups attached to an aromatic ring is 1. The number of hydrogen-bond acceptors (Lipinski definition) is 5. The summed E-state index contributed by atoms with van der Waals surface area (Å²) in [6.07, 6.45) is 0. The molecule has 0 atom stereocenters. The Morgan fingerprint density at radius 1 is 1.17 bits per heavy atom. The van der Waals surface area contributed by atoms with Gasteiger partial charge in [0.2, 0.25) is 0 Å². The molecule has 1 heterocycles. The van der Waals surface area contributed by atoms with Crippen molar-refractivity contribution in [1.82, 2.24) is 4.98 Å². The summed E-state index contributed by atoms with van der Waals surface area (Å²) in [5.74, 6) is -7.15. The lowest BCUT2D eigenvalue weighted by molar-refractivity contribution is 0.0695. The molecule has 8 nitrogen and oxygen atoms in total. The van der Waals surface area contributed by atoms with Crippen molar-refractivity contribution in [2.75, 3.05) is 12.8 Å². The van der Waals surface area contributed by atoms with Crippen LogP contribution in [0.3, 0.4) is 0 Å². The van der Waals surface area contributed by atoms with E-state index in [1.54, 1.807) is 0 Å². The number of nitrogens with one attached hydrogen (secondary N) is 1. The van der Waals surface area contributed by atoms with Crippen LogP contribution in [0.15, 0.2) is 16.9 Å². The Kier molecular flexibility index (Phi) is 4.22. The fraction of sp³-hybridized carbons (Fsp3) is 0.0714. The van der Waals surface area contributed by atoms with Gasteiger partial charge in [0, 0.05) is 17.2 Å². The van der Waals surface area contributed by atoms with Crippen molar-refractivity contribution in [3.05, 3.63) is 45.2 Å². The highest BCUT2D eigenvalue weighted by Crippen LogP contribution is 2.37. The van der Waals surface area contributed by atoms with Gasteiger partial charge in [-0.25, -0.2) is 18.4 Å². The molecule has 2 aromatic rings. The van der Waals surface area contributed by atoms with Crippen LogP contribution in [0.5, 0.6) is 5.75 Å². The van der Waals surface area contributed by atoms with Crippen LogP contribution >= 0.6 is 0 Å². The van der Waals surface area contributed by atoms with E-state index < -0.39 is 63.0 Å². The van der Waals surface area contributed by atoms with E-state index in [1.165, 1.54) is 0 Å². The molecule has 0 radical (unpaired) electrons. The van der Waals surface area contributed by atoms with E-state index in [0.717, 1.165) is 7.11 Å². The van der Waals surface area contributed by atoms with Gasteiger partial charge in [0.1, 0.15) is 22.8 Å². The first-order valence-corrected chi connectivity index (χ1v) is 6.24. The predicted molar refractivity (Wildman–Crippen MR) is 77.3 cm³/mol. The van der Waals surface area contributed by atoms with E-state index in [2.05, 4.69) is 0 Å². The van der Waals surface area contributed by atoms with E-state index in [0.29, 0.717) is 12.1 Å². The molecule has 0 saturated heterocycles. The van der Waals surface area contributed by atoms with E-state index in [4.69, 9.17) is 10.5 Å². The minimum absolute atomic E-state index is 0.458. The molecule has 0 aliphatic rings. The van der Waals surface area contributed by atoms with Crippen LogP contribution in [0, 0.1) is 11.6 Å². The fourth-order valence-electron chi connectivity index (χ4n) is 2.27. The number of aromatic amines is 1. The topological polar surface area (TPSA) is 143 Å². The van der Waals surface area contributed by atoms with Crippen molar-refractivity contribution in [3.63, 3.8) is 0 Å². The fourth-order valence-corrected chi connectivity index (χ4v) is 2.27. The number of H-pyrrole nitrogens is 1. The number of aromatic nitrogens is 1. The van der Waals surface area contributed by atoms with Crippen molar-refractivity contribution in [1.29, 1.82) is 0 Å². The number of carbonyl (C=O) groups is 2. The number of pyridine rings is 1. The highest BCUT2D eigenvalue weighted by atomic mass is 19.1. The molecule has 0 amide bonds. The molecule has 10 heteroatoms. The Balaban J connectivity index is 3.11. The molecular formula is C14H10F2N2O6. The highest BCUT2D eigenvalue weighted by molar-refractivity contribution is 6.08. The SMILES string of the molecule is COc1c(F)cc(F)cc1-c1c(C(=O)O)c(N)[nH]c(=O)c1C(=O)O. The van der Waals surface area contributed by atoms with E-state index in [1.807, 2.05) is 4.98 Å². The second-order valence-corrected chi connectivity index (χ2v) is 4.57. The van der Waals surface area contributed by atoms with Crippen molar-refractivity contribution in [2.45, 2.75) is 0 Å². The number of rotatable bonds is 4. The predicted octanol–water partition coefficient (Wildman–Crippen LogP) is 1.31. The third-order valence-electron chi connectivity index (χ3n) is 3.15. The second kappa shape index (κ2) is 5.99. The third kappa shape index (κ3) is 2.64. The van der Waals surface area contributed by atoms with Crippen LogP contribution in [0.25, 0.3) is 11.1 Å². The van der Waals surface area contributed by atoms with Gasteiger partial charge < -0.3 is 25.7 Å². The summed E-state index contributed by atoms with van der Waals surface area (Å²) in [4.78, 5) is 36.6. The molecule has 0 bridgehead atoms. The number of ether oxygens (including phenoxy) is 1. The number of aromatic carboxylic acids is 2. The summed E-state index contributed by atoms with van der Waals surface area (Å²) in [5, 5.41) is 18.5. The Bertz CT molecular complexity index is 922. The smallest absolute Gasteiger partial charge is 0.342 e. The second-order valence-electron chi connectivity index (χ2n) is 4.57. The van der Waals surface area contributed by atoms with Crippen molar-refractivity contribution in [2.24, 2.45) is 0 Å². The highest BCUT2D eigenvalue weighted by Gasteiger charge is 2.29. The summed E-state index contributed by atoms with van der Waals surface area (Å²) < 4.78 is 32.2. The summed E-state index contributed by atoms with van der Waals surface area (Å²) in [7, 11) is 1.01. The van der Waals surface area contributed by atoms with Crippen LogP contribution < -0.4 is 16.0 Å². The Morgan fingerprint density at radius 3 is 2.25 bits per heavy atom. The molecule has 126 valence electrons. The van der Waals surface area contributed by atoms with Crippen molar-refractivity contribution < 1.29 is 33.3 Å². The van der Waals surface area contributed by atoms with Gasteiger partial charge in [0.25, 0.3) is 5.56 Å². The molecule has 2 rings (SSSR count). The zero-order valence-electron chi connectivity index (χ0n) is 12.0. The average Bonchev–Trinajstić information content (AvgIpc) is 2.44. The van der Waals surface area contributed by atoms with Gasteiger partial charge in [-0.2, -0.15) is 0 Å². The van der Waals surface area contributed by atoms with Gasteiger partial charge in [-0.1, -0.05) is 0 Å². The molecule has 24 heavy (non-hydrogen) atoms. The van der Waals surface area contributed by atoms with E-state index in [-0.39, 0.29) is 0 Å². The molecule has 1 aromatic heterocycles. The lowest BCUT2D eigenvalue weighted by atomic mass is 9.94. The van der Waals surface area contributed by atoms with Crippen molar-refractivity contribution >= 4 is 17.8 Å². The van der Waals surface area contributed by atoms with Crippen LogP contribution in [-0.4, -0.2) is 34.2 Å². The minimum atomic E-state index is -1.81. The van der Waals surface area contributed by atoms with Crippen molar-refractivity contribution in [3.8, 4) is 16.9 Å². The first-order valence-electron chi connectivity index (χ1n) is 6.24. The first-order chi connectivity index (χ1) is 11.2. The number of carboxylic acids is 2. The normalized spacial score (nSPS) is 10.5. The minimum Gasteiger partial charge on any atom is -0.493 e. The van der Waals surface area contributed by atoms with Gasteiger partial charge in [0.05, 0.1) is 7.11 Å². The monoisotopic (exact) mass is 340 g/mol. The maximum absolute atomic E-state index is 13.9. The number of halogens is 2. The first kappa shape index (κ1) is 16.9. The zero-order valence-corrected chi connectivity index (χ0v) is 12.0. The van der Waals surface area contributed by atoms with Gasteiger partial charge in [0.15, 0.2) is 11.6 Å². The number of methoxy groups -OCH3 is 1. The number of benzene rings is 1. The van der Waals surface area contributed by atoms with Crippen LogP contribution in [0.4, 0.5) is 14.6 Å². The number of nitrogens with two attached hydrogens (primary N) is 1. The van der Waals surface area contributed by atoms with Gasteiger partial charge in [-0.05, 0) is 6.07 Å². The van der Waals surface area contributed by atoms with E-state index in [9.17, 15) is 33.4 Å². The van der Waals surface area contributed by atoms with Gasteiger partial charge in [-0.3, -0.25) is 4.79 Å². The standard InChI is InChI=1S/C14H10F2N2O6/c1-24-10-5(2-4(15)3-6(10)16)7-8(13(20)21)11(17)18-12(19)9(7)14(22)23/h2-3H,1H3,(H,20,21)(H,22,23)(H3,17,18,19). The Morgan fingerprint density at radius 2 is 1.75 bits per heavy atom. The maximum Gasteiger partial charge on any atom is 0.342 e. The van der Waals surface area contributed by atoms with Crippen LogP contribution in [0.2, 0.25) is 0 Å². The molecule has 0 aliphatic carbocycles. The summed E-state index contributed by atoms with van der Waals surface area (Å²) in [5.41, 5.74) is 1.02. The van der Waals surface area contributed by atoms with E-state index >= 15 is 0 Å². The molecule has 0 saturated carbocycles. The molecule has 0 unspecified atom stereocenters. The van der Waals surface area contributed by atoms with Crippen LogP contribution in [-0.2, 0) is 0 Å². The largest absolute Gasteiger partial charge is 0.493 e. The molecular weight excluding hydrogens is 330 g/mol. The summed E-state index contributed by atoms with van der Waals surface area (Å²) in [6.45, 7) is 0.